The molecule has 0 aromatic rings. The number of hydrogen-bond acceptors (Lipinski definition) is 2. The molecule has 1 saturated carbocycles. The molecule has 0 aromatic heterocycles. The SMILES string of the molecule is C=CC(=O)NC1CCCCC12CCNCC2. The van der Waals surface area contributed by atoms with Gasteiger partial charge in [-0.15, -0.1) is 0 Å². The van der Waals surface area contributed by atoms with E-state index < -0.39 is 0 Å². The number of piperidine rings is 1. The molecule has 2 N–H and O–H groups in total. The van der Waals surface area contributed by atoms with Gasteiger partial charge in [0.15, 0.2) is 0 Å². The summed E-state index contributed by atoms with van der Waals surface area (Å²) >= 11 is 0. The van der Waals surface area contributed by atoms with Crippen LogP contribution in [-0.2, 0) is 4.79 Å². The summed E-state index contributed by atoms with van der Waals surface area (Å²) in [6.07, 6.45) is 8.78. The van der Waals surface area contributed by atoms with E-state index in [2.05, 4.69) is 17.2 Å². The van der Waals surface area contributed by atoms with E-state index in [0.29, 0.717) is 11.5 Å². The lowest BCUT2D eigenvalue weighted by Gasteiger charge is -2.47. The molecule has 1 heterocycles. The maximum atomic E-state index is 11.5. The van der Waals surface area contributed by atoms with E-state index in [4.69, 9.17) is 0 Å². The smallest absolute Gasteiger partial charge is 0.243 e. The van der Waals surface area contributed by atoms with Crippen molar-refractivity contribution in [3.05, 3.63) is 12.7 Å². The van der Waals surface area contributed by atoms with Crippen molar-refractivity contribution in [1.29, 1.82) is 0 Å². The average molecular weight is 222 g/mol. The summed E-state index contributed by atoms with van der Waals surface area (Å²) in [6, 6.07) is 0.369. The van der Waals surface area contributed by atoms with Gasteiger partial charge in [-0.05, 0) is 50.3 Å². The van der Waals surface area contributed by atoms with Crippen LogP contribution in [0.4, 0.5) is 0 Å². The molecule has 3 heteroatoms. The fourth-order valence-corrected chi connectivity index (χ4v) is 3.28. The molecule has 1 saturated heterocycles. The van der Waals surface area contributed by atoms with Crippen LogP contribution in [0.5, 0.6) is 0 Å². The van der Waals surface area contributed by atoms with E-state index in [1.165, 1.54) is 38.2 Å². The summed E-state index contributed by atoms with van der Waals surface area (Å²) < 4.78 is 0. The standard InChI is InChI=1S/C13H22N2O/c1-2-12(16)15-11-5-3-4-6-13(11)7-9-14-10-8-13/h2,11,14H,1,3-10H2,(H,15,16). The Bertz CT molecular complexity index is 261. The van der Waals surface area contributed by atoms with Gasteiger partial charge in [-0.2, -0.15) is 0 Å². The molecule has 3 nitrogen and oxygen atoms in total. The second-order valence-corrected chi connectivity index (χ2v) is 5.12. The van der Waals surface area contributed by atoms with Gasteiger partial charge in [0.1, 0.15) is 0 Å². The molecule has 1 atom stereocenters. The highest BCUT2D eigenvalue weighted by molar-refractivity contribution is 5.87. The van der Waals surface area contributed by atoms with Crippen LogP contribution >= 0.6 is 0 Å². The Labute approximate surface area is 97.7 Å². The lowest BCUT2D eigenvalue weighted by Crippen LogP contribution is -2.53. The predicted octanol–water partition coefficient (Wildman–Crippen LogP) is 1.60. The van der Waals surface area contributed by atoms with Crippen molar-refractivity contribution in [2.75, 3.05) is 13.1 Å². The molecule has 90 valence electrons. The van der Waals surface area contributed by atoms with Gasteiger partial charge in [0.25, 0.3) is 0 Å². The molecule has 0 aromatic carbocycles. The molecule has 1 unspecified atom stereocenters. The van der Waals surface area contributed by atoms with Crippen molar-refractivity contribution in [2.24, 2.45) is 5.41 Å². The Morgan fingerprint density at radius 3 is 2.75 bits per heavy atom. The van der Waals surface area contributed by atoms with Crippen molar-refractivity contribution >= 4 is 5.91 Å². The van der Waals surface area contributed by atoms with E-state index in [9.17, 15) is 4.79 Å². The third kappa shape index (κ3) is 2.29. The molecule has 1 aliphatic carbocycles. The number of hydrogen-bond donors (Lipinski definition) is 2. The van der Waals surface area contributed by atoms with E-state index in [-0.39, 0.29) is 5.91 Å². The van der Waals surface area contributed by atoms with Crippen molar-refractivity contribution in [2.45, 2.75) is 44.6 Å². The van der Waals surface area contributed by atoms with Crippen LogP contribution in [0.2, 0.25) is 0 Å². The molecule has 0 radical (unpaired) electrons. The summed E-state index contributed by atoms with van der Waals surface area (Å²) in [4.78, 5) is 11.5. The zero-order valence-corrected chi connectivity index (χ0v) is 9.93. The van der Waals surface area contributed by atoms with Crippen LogP contribution in [0.3, 0.4) is 0 Å². The van der Waals surface area contributed by atoms with Gasteiger partial charge in [0.05, 0.1) is 0 Å². The first-order valence-electron chi connectivity index (χ1n) is 6.40. The van der Waals surface area contributed by atoms with E-state index in [0.717, 1.165) is 19.5 Å². The molecule has 16 heavy (non-hydrogen) atoms. The number of rotatable bonds is 2. The maximum Gasteiger partial charge on any atom is 0.243 e. The van der Waals surface area contributed by atoms with Crippen molar-refractivity contribution in [3.8, 4) is 0 Å². The maximum absolute atomic E-state index is 11.5. The molecule has 2 aliphatic rings. The Kier molecular flexibility index (Phi) is 3.64. The summed E-state index contributed by atoms with van der Waals surface area (Å²) in [6.45, 7) is 5.73. The Hall–Kier alpha value is -0.830. The molecular formula is C13H22N2O. The molecule has 1 spiro atoms. The van der Waals surface area contributed by atoms with Crippen LogP contribution in [0.1, 0.15) is 38.5 Å². The highest BCUT2D eigenvalue weighted by atomic mass is 16.1. The van der Waals surface area contributed by atoms with Gasteiger partial charge in [-0.25, -0.2) is 0 Å². The fraction of sp³-hybridized carbons (Fsp3) is 0.769. The number of carbonyl (C=O) groups is 1. The normalized spacial score (nSPS) is 28.6. The first-order valence-corrected chi connectivity index (χ1v) is 6.40. The molecule has 1 aliphatic heterocycles. The Morgan fingerprint density at radius 1 is 1.31 bits per heavy atom. The molecule has 2 rings (SSSR count). The molecular weight excluding hydrogens is 200 g/mol. The highest BCUT2D eigenvalue weighted by Crippen LogP contribution is 2.43. The van der Waals surface area contributed by atoms with E-state index >= 15 is 0 Å². The van der Waals surface area contributed by atoms with Crippen molar-refractivity contribution in [3.63, 3.8) is 0 Å². The van der Waals surface area contributed by atoms with Gasteiger partial charge < -0.3 is 10.6 Å². The van der Waals surface area contributed by atoms with Gasteiger partial charge in [0, 0.05) is 6.04 Å². The minimum atomic E-state index is -0.00944. The number of nitrogens with one attached hydrogen (secondary N) is 2. The fourth-order valence-electron chi connectivity index (χ4n) is 3.28. The second-order valence-electron chi connectivity index (χ2n) is 5.12. The van der Waals surface area contributed by atoms with E-state index in [1.807, 2.05) is 0 Å². The van der Waals surface area contributed by atoms with E-state index in [1.54, 1.807) is 0 Å². The van der Waals surface area contributed by atoms with Crippen LogP contribution in [-0.4, -0.2) is 25.0 Å². The Morgan fingerprint density at radius 2 is 2.06 bits per heavy atom. The number of carbonyl (C=O) groups excluding carboxylic acids is 1. The minimum Gasteiger partial charge on any atom is -0.349 e. The first-order chi connectivity index (χ1) is 7.77. The van der Waals surface area contributed by atoms with Crippen LogP contribution in [0, 0.1) is 5.41 Å². The summed E-state index contributed by atoms with van der Waals surface area (Å²) in [5.41, 5.74) is 0.363. The summed E-state index contributed by atoms with van der Waals surface area (Å²) in [7, 11) is 0. The monoisotopic (exact) mass is 222 g/mol. The van der Waals surface area contributed by atoms with Crippen molar-refractivity contribution < 1.29 is 4.79 Å². The summed E-state index contributed by atoms with van der Waals surface area (Å²) in [5.74, 6) is -0.00944. The van der Waals surface area contributed by atoms with Gasteiger partial charge in [-0.1, -0.05) is 19.4 Å². The van der Waals surface area contributed by atoms with Crippen molar-refractivity contribution in [1.82, 2.24) is 10.6 Å². The lowest BCUT2D eigenvalue weighted by atomic mass is 9.65. The highest BCUT2D eigenvalue weighted by Gasteiger charge is 2.41. The topological polar surface area (TPSA) is 41.1 Å². The van der Waals surface area contributed by atoms with Gasteiger partial charge in [0.2, 0.25) is 5.91 Å². The van der Waals surface area contributed by atoms with Gasteiger partial charge in [-0.3, -0.25) is 4.79 Å². The molecule has 2 fully saturated rings. The third-order valence-corrected chi connectivity index (χ3v) is 4.26. The lowest BCUT2D eigenvalue weighted by molar-refractivity contribution is -0.118. The third-order valence-electron chi connectivity index (χ3n) is 4.26. The quantitative estimate of drug-likeness (QED) is 0.697. The Balaban J connectivity index is 2.06. The minimum absolute atomic E-state index is 0.00944. The second kappa shape index (κ2) is 5.00. The van der Waals surface area contributed by atoms with Crippen LogP contribution in [0.15, 0.2) is 12.7 Å². The summed E-state index contributed by atoms with van der Waals surface area (Å²) in [5, 5.41) is 6.56. The molecule has 0 bridgehead atoms. The van der Waals surface area contributed by atoms with Crippen LogP contribution in [0.25, 0.3) is 0 Å². The molecule has 1 amide bonds. The first kappa shape index (κ1) is 11.6. The zero-order chi connectivity index (χ0) is 11.4. The average Bonchev–Trinajstić information content (AvgIpc) is 2.33. The zero-order valence-electron chi connectivity index (χ0n) is 9.93. The van der Waals surface area contributed by atoms with Crippen LogP contribution < -0.4 is 10.6 Å². The predicted molar refractivity (Wildman–Crippen MR) is 65.1 cm³/mol. The van der Waals surface area contributed by atoms with Gasteiger partial charge >= 0.3 is 0 Å². The number of amides is 1. The largest absolute Gasteiger partial charge is 0.349 e.